The highest BCUT2D eigenvalue weighted by Gasteiger charge is 2.22. The standard InChI is InChI=1S/C14H16N2O5/c17-12(8-16-6-2-5-13(16)18)15-10-3-1-4-11(7-10)21-9-14(19)20/h1,3-4,7H,2,5-6,8-9H2,(H,15,17)(H,19,20). The van der Waals surface area contributed by atoms with Gasteiger partial charge >= 0.3 is 5.97 Å². The number of likely N-dealkylation sites (tertiary alicyclic amines) is 1. The number of carbonyl (C=O) groups excluding carboxylic acids is 2. The van der Waals surface area contributed by atoms with E-state index in [1.807, 2.05) is 0 Å². The molecule has 1 aromatic carbocycles. The summed E-state index contributed by atoms with van der Waals surface area (Å²) in [6.45, 7) is 0.187. The predicted molar refractivity (Wildman–Crippen MR) is 74.0 cm³/mol. The van der Waals surface area contributed by atoms with Crippen molar-refractivity contribution in [2.45, 2.75) is 12.8 Å². The molecule has 1 fully saturated rings. The first-order valence-corrected chi connectivity index (χ1v) is 6.57. The zero-order chi connectivity index (χ0) is 15.2. The van der Waals surface area contributed by atoms with Gasteiger partial charge in [-0.3, -0.25) is 9.59 Å². The number of hydrogen-bond donors (Lipinski definition) is 2. The summed E-state index contributed by atoms with van der Waals surface area (Å²) < 4.78 is 5.02. The molecule has 1 aliphatic rings. The summed E-state index contributed by atoms with van der Waals surface area (Å²) in [6.07, 6.45) is 1.27. The number of benzene rings is 1. The maximum atomic E-state index is 11.9. The molecule has 2 N–H and O–H groups in total. The summed E-state index contributed by atoms with van der Waals surface area (Å²) in [5.74, 6) is -1.02. The monoisotopic (exact) mass is 292 g/mol. The number of amides is 2. The van der Waals surface area contributed by atoms with E-state index in [4.69, 9.17) is 9.84 Å². The van der Waals surface area contributed by atoms with Crippen LogP contribution in [0.2, 0.25) is 0 Å². The van der Waals surface area contributed by atoms with E-state index in [0.29, 0.717) is 24.4 Å². The van der Waals surface area contributed by atoms with E-state index in [0.717, 1.165) is 6.42 Å². The Morgan fingerprint density at radius 1 is 1.38 bits per heavy atom. The van der Waals surface area contributed by atoms with E-state index < -0.39 is 12.6 Å². The van der Waals surface area contributed by atoms with Gasteiger partial charge in [-0.2, -0.15) is 0 Å². The van der Waals surface area contributed by atoms with Crippen molar-refractivity contribution in [1.29, 1.82) is 0 Å². The second kappa shape index (κ2) is 6.74. The van der Waals surface area contributed by atoms with Crippen molar-refractivity contribution in [1.82, 2.24) is 4.90 Å². The molecule has 1 heterocycles. The smallest absolute Gasteiger partial charge is 0.341 e. The average molecular weight is 292 g/mol. The molecule has 112 valence electrons. The molecule has 2 rings (SSSR count). The number of anilines is 1. The summed E-state index contributed by atoms with van der Waals surface area (Å²) >= 11 is 0. The quantitative estimate of drug-likeness (QED) is 0.805. The van der Waals surface area contributed by atoms with Gasteiger partial charge in [-0.25, -0.2) is 4.79 Å². The topological polar surface area (TPSA) is 95.9 Å². The molecule has 2 amide bonds. The van der Waals surface area contributed by atoms with Crippen molar-refractivity contribution in [3.63, 3.8) is 0 Å². The van der Waals surface area contributed by atoms with Crippen LogP contribution < -0.4 is 10.1 Å². The minimum Gasteiger partial charge on any atom is -0.482 e. The Kier molecular flexibility index (Phi) is 4.76. The number of hydrogen-bond acceptors (Lipinski definition) is 4. The maximum absolute atomic E-state index is 11.9. The fourth-order valence-electron chi connectivity index (χ4n) is 2.05. The van der Waals surface area contributed by atoms with Crippen LogP contribution in [0, 0.1) is 0 Å². The van der Waals surface area contributed by atoms with Crippen LogP contribution in [-0.4, -0.2) is 47.5 Å². The van der Waals surface area contributed by atoms with Gasteiger partial charge in [-0.15, -0.1) is 0 Å². The van der Waals surface area contributed by atoms with E-state index in [-0.39, 0.29) is 18.4 Å². The minimum atomic E-state index is -1.07. The zero-order valence-corrected chi connectivity index (χ0v) is 11.4. The van der Waals surface area contributed by atoms with E-state index in [1.165, 1.54) is 11.0 Å². The van der Waals surface area contributed by atoms with E-state index in [1.54, 1.807) is 18.2 Å². The molecular formula is C14H16N2O5. The number of carbonyl (C=O) groups is 3. The van der Waals surface area contributed by atoms with E-state index in [9.17, 15) is 14.4 Å². The Morgan fingerprint density at radius 3 is 2.86 bits per heavy atom. The van der Waals surface area contributed by atoms with Crippen LogP contribution in [0.5, 0.6) is 5.75 Å². The molecule has 1 saturated heterocycles. The highest BCUT2D eigenvalue weighted by atomic mass is 16.5. The van der Waals surface area contributed by atoms with Gasteiger partial charge in [0.2, 0.25) is 11.8 Å². The van der Waals surface area contributed by atoms with Gasteiger partial charge in [0.1, 0.15) is 5.75 Å². The number of rotatable bonds is 6. The SMILES string of the molecule is O=C(O)COc1cccc(NC(=O)CN2CCCC2=O)c1. The van der Waals surface area contributed by atoms with Crippen molar-refractivity contribution >= 4 is 23.5 Å². The summed E-state index contributed by atoms with van der Waals surface area (Å²) in [5, 5.41) is 11.2. The molecule has 0 atom stereocenters. The molecule has 1 aromatic rings. The number of carboxylic acids is 1. The van der Waals surface area contributed by atoms with Crippen LogP contribution in [0.15, 0.2) is 24.3 Å². The molecular weight excluding hydrogens is 276 g/mol. The Labute approximate surface area is 121 Å². The lowest BCUT2D eigenvalue weighted by Gasteiger charge is -2.15. The second-order valence-electron chi connectivity index (χ2n) is 4.68. The summed E-state index contributed by atoms with van der Waals surface area (Å²) in [5.41, 5.74) is 0.495. The number of carboxylic acid groups (broad SMARTS) is 1. The molecule has 0 aliphatic carbocycles. The lowest BCUT2D eigenvalue weighted by molar-refractivity contribution is -0.139. The average Bonchev–Trinajstić information content (AvgIpc) is 2.82. The highest BCUT2D eigenvalue weighted by molar-refractivity contribution is 5.95. The van der Waals surface area contributed by atoms with Crippen molar-refractivity contribution in [2.75, 3.05) is 25.0 Å². The van der Waals surface area contributed by atoms with Crippen LogP contribution in [0.25, 0.3) is 0 Å². The molecule has 0 radical (unpaired) electrons. The molecule has 0 saturated carbocycles. The van der Waals surface area contributed by atoms with Crippen LogP contribution in [0.4, 0.5) is 5.69 Å². The third-order valence-corrected chi connectivity index (χ3v) is 2.99. The first kappa shape index (κ1) is 14.8. The number of aliphatic carboxylic acids is 1. The third kappa shape index (κ3) is 4.48. The van der Waals surface area contributed by atoms with E-state index in [2.05, 4.69) is 5.32 Å². The summed E-state index contributed by atoms with van der Waals surface area (Å²) in [6, 6.07) is 6.44. The van der Waals surface area contributed by atoms with Crippen LogP contribution in [0.3, 0.4) is 0 Å². The Balaban J connectivity index is 1.89. The molecule has 0 spiro atoms. The third-order valence-electron chi connectivity index (χ3n) is 2.99. The van der Waals surface area contributed by atoms with Gasteiger partial charge in [0.15, 0.2) is 6.61 Å². The largest absolute Gasteiger partial charge is 0.482 e. The molecule has 1 aliphatic heterocycles. The Hall–Kier alpha value is -2.57. The molecule has 0 aromatic heterocycles. The van der Waals surface area contributed by atoms with Gasteiger partial charge in [-0.05, 0) is 18.6 Å². The summed E-state index contributed by atoms with van der Waals surface area (Å²) in [4.78, 5) is 35.2. The van der Waals surface area contributed by atoms with Gasteiger partial charge in [0.05, 0.1) is 6.54 Å². The Bertz CT molecular complexity index is 558. The van der Waals surface area contributed by atoms with Crippen molar-refractivity contribution in [3.8, 4) is 5.75 Å². The van der Waals surface area contributed by atoms with Gasteiger partial charge in [0.25, 0.3) is 0 Å². The maximum Gasteiger partial charge on any atom is 0.341 e. The number of nitrogens with zero attached hydrogens (tertiary/aromatic N) is 1. The fourth-order valence-corrected chi connectivity index (χ4v) is 2.05. The van der Waals surface area contributed by atoms with Crippen molar-refractivity contribution in [3.05, 3.63) is 24.3 Å². The normalized spacial score (nSPS) is 14.1. The molecule has 7 nitrogen and oxygen atoms in total. The van der Waals surface area contributed by atoms with Crippen LogP contribution >= 0.6 is 0 Å². The lowest BCUT2D eigenvalue weighted by Crippen LogP contribution is -2.33. The second-order valence-corrected chi connectivity index (χ2v) is 4.68. The zero-order valence-electron chi connectivity index (χ0n) is 11.4. The van der Waals surface area contributed by atoms with Gasteiger partial charge in [-0.1, -0.05) is 6.07 Å². The van der Waals surface area contributed by atoms with Gasteiger partial charge in [0, 0.05) is 24.7 Å². The number of nitrogens with one attached hydrogen (secondary N) is 1. The van der Waals surface area contributed by atoms with E-state index >= 15 is 0 Å². The first-order valence-electron chi connectivity index (χ1n) is 6.57. The van der Waals surface area contributed by atoms with Crippen molar-refractivity contribution < 1.29 is 24.2 Å². The first-order chi connectivity index (χ1) is 10.0. The Morgan fingerprint density at radius 2 is 2.19 bits per heavy atom. The minimum absolute atomic E-state index is 0.0105. The van der Waals surface area contributed by atoms with Crippen molar-refractivity contribution in [2.24, 2.45) is 0 Å². The number of ether oxygens (including phenoxy) is 1. The predicted octanol–water partition coefficient (Wildman–Crippen LogP) is 0.711. The van der Waals surface area contributed by atoms with Crippen LogP contribution in [0.1, 0.15) is 12.8 Å². The molecule has 0 bridgehead atoms. The molecule has 7 heteroatoms. The fraction of sp³-hybridized carbons (Fsp3) is 0.357. The van der Waals surface area contributed by atoms with Crippen LogP contribution in [-0.2, 0) is 14.4 Å². The summed E-state index contributed by atoms with van der Waals surface area (Å²) in [7, 11) is 0. The highest BCUT2D eigenvalue weighted by Crippen LogP contribution is 2.17. The lowest BCUT2D eigenvalue weighted by atomic mass is 10.3. The van der Waals surface area contributed by atoms with Gasteiger partial charge < -0.3 is 20.1 Å². The molecule has 21 heavy (non-hydrogen) atoms. The molecule has 0 unspecified atom stereocenters.